The summed E-state index contributed by atoms with van der Waals surface area (Å²) in [4.78, 5) is 19.7. The van der Waals surface area contributed by atoms with E-state index in [1.807, 2.05) is 0 Å². The molecule has 0 amide bonds. The van der Waals surface area contributed by atoms with Crippen molar-refractivity contribution in [1.29, 1.82) is 0 Å². The molecule has 19 heteroatoms. The lowest BCUT2D eigenvalue weighted by Gasteiger charge is -2.45. The summed E-state index contributed by atoms with van der Waals surface area (Å²) >= 11 is 0. The highest BCUT2D eigenvalue weighted by Gasteiger charge is 2.60. The molecule has 0 aromatic carbocycles. The number of aliphatic hydroxyl groups excluding tert-OH is 6. The second-order valence-corrected chi connectivity index (χ2v) is 9.89. The molecule has 16 N–H and O–H groups in total. The van der Waals surface area contributed by atoms with Crippen molar-refractivity contribution in [2.24, 2.45) is 32.9 Å². The van der Waals surface area contributed by atoms with Crippen LogP contribution in [0.15, 0.2) is 9.98 Å². The van der Waals surface area contributed by atoms with Crippen molar-refractivity contribution < 1.29 is 59.5 Å². The van der Waals surface area contributed by atoms with Gasteiger partial charge in [-0.25, -0.2) is 9.98 Å². The van der Waals surface area contributed by atoms with Crippen LogP contribution in [0.2, 0.25) is 0 Å². The molecule has 1 aliphatic carbocycles. The maximum atomic E-state index is 12.1. The Bertz CT molecular complexity index is 940. The van der Waals surface area contributed by atoms with Crippen molar-refractivity contribution in [2.75, 3.05) is 13.7 Å². The van der Waals surface area contributed by atoms with Crippen molar-refractivity contribution in [2.45, 2.75) is 98.2 Å². The Kier molecular flexibility index (Phi) is 10.2. The summed E-state index contributed by atoms with van der Waals surface area (Å²) in [5.74, 6) is -1.03. The number of ether oxygens (including phenoxy) is 4. The number of aliphatic hydroxyl groups is 7. The minimum Gasteiger partial charge on any atom is -0.394 e. The Labute approximate surface area is 228 Å². The molecule has 19 nitrogen and oxygen atoms in total. The Morgan fingerprint density at radius 3 is 2.02 bits per heavy atom. The normalized spacial score (nSPS) is 47.4. The van der Waals surface area contributed by atoms with Gasteiger partial charge in [-0.15, -0.1) is 0 Å². The van der Waals surface area contributed by atoms with E-state index in [-0.39, 0.29) is 6.29 Å². The van der Waals surface area contributed by atoms with Gasteiger partial charge in [0.25, 0.3) is 0 Å². The van der Waals surface area contributed by atoms with Gasteiger partial charge in [-0.3, -0.25) is 4.79 Å². The second kappa shape index (κ2) is 12.7. The largest absolute Gasteiger partial charge is 0.394 e. The van der Waals surface area contributed by atoms with E-state index in [4.69, 9.17) is 41.9 Å². The van der Waals surface area contributed by atoms with Crippen LogP contribution in [0.1, 0.15) is 6.92 Å². The van der Waals surface area contributed by atoms with Gasteiger partial charge in [0, 0.05) is 0 Å². The van der Waals surface area contributed by atoms with E-state index >= 15 is 0 Å². The predicted octanol–water partition coefficient (Wildman–Crippen LogP) is -8.16. The Hall–Kier alpha value is -2.27. The maximum Gasteiger partial charge on any atom is 0.188 e. The molecule has 0 aromatic rings. The van der Waals surface area contributed by atoms with E-state index in [1.54, 1.807) is 0 Å². The van der Waals surface area contributed by atoms with E-state index in [0.29, 0.717) is 0 Å². The number of carbonyl (C=O) groups excluding carboxylic acids is 1. The van der Waals surface area contributed by atoms with Crippen LogP contribution in [0, 0.1) is 0 Å². The molecule has 2 heterocycles. The topological polar surface area (TPSA) is 336 Å². The number of nitrogens with one attached hydrogen (secondary N) is 1. The van der Waals surface area contributed by atoms with Gasteiger partial charge in [0.2, 0.25) is 0 Å². The van der Waals surface area contributed by atoms with Gasteiger partial charge in [-0.1, -0.05) is 0 Å². The van der Waals surface area contributed by atoms with Gasteiger partial charge >= 0.3 is 0 Å². The van der Waals surface area contributed by atoms with Gasteiger partial charge in [0.1, 0.15) is 60.9 Å². The van der Waals surface area contributed by atoms with Gasteiger partial charge in [-0.05, 0) is 14.0 Å². The zero-order valence-corrected chi connectivity index (χ0v) is 21.7. The predicted molar refractivity (Wildman–Crippen MR) is 133 cm³/mol. The summed E-state index contributed by atoms with van der Waals surface area (Å²) in [6.45, 7) is 0.620. The van der Waals surface area contributed by atoms with Crippen LogP contribution in [0.25, 0.3) is 0 Å². The number of aldehydes is 1. The van der Waals surface area contributed by atoms with Crippen LogP contribution in [0.3, 0.4) is 0 Å². The fourth-order valence-electron chi connectivity index (χ4n) is 5.08. The molecular weight excluding hydrogens is 542 g/mol. The third kappa shape index (κ3) is 6.00. The van der Waals surface area contributed by atoms with E-state index < -0.39 is 110 Å². The minimum atomic E-state index is -2.38. The molecule has 0 spiro atoms. The molecule has 15 atom stereocenters. The third-order valence-corrected chi connectivity index (χ3v) is 7.34. The number of aliphatic imine (C=N–C) groups is 2. The van der Waals surface area contributed by atoms with Crippen molar-refractivity contribution in [3.8, 4) is 0 Å². The molecule has 2 aliphatic heterocycles. The minimum absolute atomic E-state index is 0.140. The summed E-state index contributed by atoms with van der Waals surface area (Å²) in [5.41, 5.74) is 19.4. The average Bonchev–Trinajstić information content (AvgIpc) is 3.13. The van der Waals surface area contributed by atoms with Crippen molar-refractivity contribution in [1.82, 2.24) is 5.32 Å². The smallest absolute Gasteiger partial charge is 0.188 e. The molecular formula is C21H39N7O12. The first-order valence-corrected chi connectivity index (χ1v) is 12.4. The fraction of sp³-hybridized carbons (Fsp3) is 0.857. The van der Waals surface area contributed by atoms with E-state index in [0.717, 1.165) is 0 Å². The quantitative estimate of drug-likeness (QED) is 0.0682. The van der Waals surface area contributed by atoms with Gasteiger partial charge in [0.05, 0.1) is 18.8 Å². The highest BCUT2D eigenvalue weighted by atomic mass is 16.8. The van der Waals surface area contributed by atoms with E-state index in [1.165, 1.54) is 14.0 Å². The summed E-state index contributed by atoms with van der Waals surface area (Å²) in [6.07, 6.45) is -17.3. The van der Waals surface area contributed by atoms with Gasteiger partial charge in [0.15, 0.2) is 36.4 Å². The summed E-state index contributed by atoms with van der Waals surface area (Å²) in [5, 5.41) is 76.6. The number of hydrogen-bond donors (Lipinski definition) is 12. The summed E-state index contributed by atoms with van der Waals surface area (Å²) < 4.78 is 22.9. The monoisotopic (exact) mass is 581 g/mol. The number of carbonyl (C=O) groups is 1. The zero-order chi connectivity index (χ0) is 30.1. The van der Waals surface area contributed by atoms with Crippen LogP contribution in [-0.2, 0) is 23.7 Å². The molecule has 3 rings (SSSR count). The highest BCUT2D eigenvalue weighted by molar-refractivity contribution is 5.76. The number of likely N-dealkylation sites (N-methyl/N-ethyl adjacent to an activating group) is 1. The van der Waals surface area contributed by atoms with Crippen molar-refractivity contribution in [3.63, 3.8) is 0 Å². The molecule has 1 saturated carbocycles. The Balaban J connectivity index is 1.96. The average molecular weight is 582 g/mol. The zero-order valence-electron chi connectivity index (χ0n) is 21.7. The SMILES string of the molecule is CN[C@@H]1[C@H](O[C@@H]2[C@H](O[C@@H]3[C@H](O)[C@H](O)[C@H](N=C(N)N)[C@H](O)[C@@H]3N=C(N)N)O[C@H](C)[C@]2(O)C=O)O[C@H](CO)[C@@H](O)[C@@H]1O. The highest BCUT2D eigenvalue weighted by Crippen LogP contribution is 2.38. The van der Waals surface area contributed by atoms with Crippen LogP contribution in [-0.4, -0.2) is 159 Å². The summed E-state index contributed by atoms with van der Waals surface area (Å²) in [6, 6.07) is -4.08. The molecule has 0 bridgehead atoms. The Morgan fingerprint density at radius 2 is 1.50 bits per heavy atom. The molecule has 0 unspecified atom stereocenters. The Morgan fingerprint density at radius 1 is 0.900 bits per heavy atom. The van der Waals surface area contributed by atoms with Gasteiger partial charge in [-0.2, -0.15) is 0 Å². The molecule has 3 aliphatic rings. The number of nitrogens with zero attached hydrogens (tertiary/aromatic N) is 2. The van der Waals surface area contributed by atoms with Gasteiger partial charge < -0.3 is 82.9 Å². The first-order chi connectivity index (χ1) is 18.7. The lowest BCUT2D eigenvalue weighted by molar-refractivity contribution is -0.314. The summed E-state index contributed by atoms with van der Waals surface area (Å²) in [7, 11) is 1.42. The first-order valence-electron chi connectivity index (χ1n) is 12.4. The molecule has 3 fully saturated rings. The van der Waals surface area contributed by atoms with Crippen molar-refractivity contribution >= 4 is 18.2 Å². The standard InChI is InChI=1S/C21H39N7O12/c1-5-21(36,4-30)16(40-17-9(26-2)13(34)10(31)6(3-29)38-17)18(37-5)39-15-8(28-20(24)25)11(32)7(27-19(22)23)12(33)14(15)35/h4-18,26,29,31-36H,3H2,1-2H3,(H4,22,23,27)(H4,24,25,28)/t5-,6-,7-,8+,9+,10-,11+,12-,13-,14-,15+,16-,17+,18+,21-/m1/s1. The molecule has 0 aromatic heterocycles. The van der Waals surface area contributed by atoms with Crippen molar-refractivity contribution in [3.05, 3.63) is 0 Å². The molecule has 230 valence electrons. The number of guanidine groups is 2. The number of nitrogens with two attached hydrogens (primary N) is 4. The third-order valence-electron chi connectivity index (χ3n) is 7.34. The van der Waals surface area contributed by atoms with E-state index in [9.17, 15) is 40.5 Å². The van der Waals surface area contributed by atoms with E-state index in [2.05, 4.69) is 15.3 Å². The first kappa shape index (κ1) is 32.2. The lowest BCUT2D eigenvalue weighted by atomic mass is 9.81. The molecule has 40 heavy (non-hydrogen) atoms. The molecule has 0 radical (unpaired) electrons. The van der Waals surface area contributed by atoms with Crippen LogP contribution >= 0.6 is 0 Å². The van der Waals surface area contributed by atoms with Crippen LogP contribution in [0.4, 0.5) is 0 Å². The van der Waals surface area contributed by atoms with Crippen LogP contribution < -0.4 is 28.3 Å². The fourth-order valence-corrected chi connectivity index (χ4v) is 5.08. The number of hydrogen-bond acceptors (Lipinski definition) is 15. The van der Waals surface area contributed by atoms with Crippen LogP contribution in [0.5, 0.6) is 0 Å². The lowest BCUT2D eigenvalue weighted by Crippen LogP contribution is -2.66. The number of rotatable bonds is 9. The second-order valence-electron chi connectivity index (χ2n) is 9.89. The molecule has 2 saturated heterocycles. The maximum absolute atomic E-state index is 12.1.